The van der Waals surface area contributed by atoms with Crippen LogP contribution >= 0.6 is 31.9 Å². The molecule has 4 heteroatoms. The van der Waals surface area contributed by atoms with Gasteiger partial charge in [-0.05, 0) is 18.6 Å². The molecule has 0 heterocycles. The lowest BCUT2D eigenvalue weighted by molar-refractivity contribution is -0.00800. The van der Waals surface area contributed by atoms with Crippen LogP contribution in [-0.2, 0) is 0 Å². The second-order valence-electron chi connectivity index (χ2n) is 4.74. The Kier molecular flexibility index (Phi) is 3.32. The minimum Gasteiger partial charge on any atom is -0.490 e. The van der Waals surface area contributed by atoms with E-state index >= 15 is 0 Å². The Bertz CT molecular complexity index is 386. The lowest BCUT2D eigenvalue weighted by atomic mass is 9.69. The minimum atomic E-state index is -0.281. The average Bonchev–Trinajstić information content (AvgIpc) is 2.15. The van der Waals surface area contributed by atoms with Crippen LogP contribution in [0.25, 0.3) is 0 Å². The van der Waals surface area contributed by atoms with Gasteiger partial charge in [-0.1, -0.05) is 45.7 Å². The van der Waals surface area contributed by atoms with Crippen molar-refractivity contribution in [2.75, 3.05) is 0 Å². The molecule has 1 aromatic rings. The van der Waals surface area contributed by atoms with E-state index in [1.54, 1.807) is 6.07 Å². The van der Waals surface area contributed by atoms with Gasteiger partial charge in [0.2, 0.25) is 0 Å². The van der Waals surface area contributed by atoms with Crippen LogP contribution in [0.1, 0.15) is 20.3 Å². The van der Waals surface area contributed by atoms with Crippen molar-refractivity contribution in [1.29, 1.82) is 0 Å². The number of rotatable bonds is 2. The molecular formula is C12H13Br2FO. The molecule has 0 amide bonds. The Morgan fingerprint density at radius 1 is 1.38 bits per heavy atom. The van der Waals surface area contributed by atoms with Gasteiger partial charge in [-0.25, -0.2) is 4.39 Å². The highest BCUT2D eigenvalue weighted by Crippen LogP contribution is 2.47. The fourth-order valence-corrected chi connectivity index (χ4v) is 2.88. The molecule has 1 aromatic carbocycles. The van der Waals surface area contributed by atoms with E-state index in [9.17, 15) is 4.39 Å². The van der Waals surface area contributed by atoms with Gasteiger partial charge < -0.3 is 4.74 Å². The number of halogens is 3. The summed E-state index contributed by atoms with van der Waals surface area (Å²) in [7, 11) is 0. The van der Waals surface area contributed by atoms with Gasteiger partial charge in [-0.15, -0.1) is 0 Å². The van der Waals surface area contributed by atoms with Crippen molar-refractivity contribution in [1.82, 2.24) is 0 Å². The first kappa shape index (κ1) is 12.4. The maximum atomic E-state index is 13.2. The summed E-state index contributed by atoms with van der Waals surface area (Å²) in [6, 6.07) is 4.63. The Morgan fingerprint density at radius 3 is 2.56 bits per heavy atom. The van der Waals surface area contributed by atoms with Crippen LogP contribution in [0.3, 0.4) is 0 Å². The van der Waals surface area contributed by atoms with Crippen LogP contribution in [0.15, 0.2) is 22.7 Å². The van der Waals surface area contributed by atoms with Gasteiger partial charge in [0.15, 0.2) is 0 Å². The molecule has 1 aliphatic carbocycles. The van der Waals surface area contributed by atoms with Crippen LogP contribution in [0.5, 0.6) is 5.75 Å². The van der Waals surface area contributed by atoms with Crippen molar-refractivity contribution < 1.29 is 9.13 Å². The molecule has 0 aliphatic heterocycles. The molecule has 1 saturated carbocycles. The van der Waals surface area contributed by atoms with Gasteiger partial charge >= 0.3 is 0 Å². The topological polar surface area (TPSA) is 9.23 Å². The number of hydrogen-bond acceptors (Lipinski definition) is 1. The van der Waals surface area contributed by atoms with Crippen LogP contribution in [0.2, 0.25) is 0 Å². The van der Waals surface area contributed by atoms with E-state index < -0.39 is 0 Å². The zero-order valence-electron chi connectivity index (χ0n) is 9.14. The van der Waals surface area contributed by atoms with E-state index in [1.807, 2.05) is 0 Å². The third-order valence-corrected chi connectivity index (χ3v) is 5.18. The van der Waals surface area contributed by atoms with E-state index in [-0.39, 0.29) is 17.3 Å². The average molecular weight is 352 g/mol. The van der Waals surface area contributed by atoms with Crippen LogP contribution < -0.4 is 4.74 Å². The first-order valence-corrected chi connectivity index (χ1v) is 6.87. The van der Waals surface area contributed by atoms with Crippen LogP contribution in [-0.4, -0.2) is 10.9 Å². The van der Waals surface area contributed by atoms with Crippen molar-refractivity contribution in [3.05, 3.63) is 28.5 Å². The van der Waals surface area contributed by atoms with Crippen molar-refractivity contribution in [3.8, 4) is 5.75 Å². The van der Waals surface area contributed by atoms with Crippen molar-refractivity contribution in [2.24, 2.45) is 5.41 Å². The van der Waals surface area contributed by atoms with Crippen LogP contribution in [0, 0.1) is 11.2 Å². The molecule has 0 spiro atoms. The standard InChI is InChI=1S/C12H13Br2FO/c1-12(2)10(14)6-11(12)16-9-4-7(13)3-8(15)5-9/h3-5,10-11H,6H2,1-2H3. The lowest BCUT2D eigenvalue weighted by Gasteiger charge is -2.48. The van der Waals surface area contributed by atoms with E-state index in [4.69, 9.17) is 4.74 Å². The summed E-state index contributed by atoms with van der Waals surface area (Å²) in [5.74, 6) is 0.307. The van der Waals surface area contributed by atoms with Crippen LogP contribution in [0.4, 0.5) is 4.39 Å². The SMILES string of the molecule is CC1(C)C(Br)CC1Oc1cc(F)cc(Br)c1. The largest absolute Gasteiger partial charge is 0.490 e. The molecule has 16 heavy (non-hydrogen) atoms. The fourth-order valence-electron chi connectivity index (χ4n) is 1.80. The zero-order valence-corrected chi connectivity index (χ0v) is 12.3. The van der Waals surface area contributed by atoms with Gasteiger partial charge in [-0.3, -0.25) is 0 Å². The molecule has 0 N–H and O–H groups in total. The quantitative estimate of drug-likeness (QED) is 0.711. The first-order valence-electron chi connectivity index (χ1n) is 5.16. The highest BCUT2D eigenvalue weighted by atomic mass is 79.9. The summed E-state index contributed by atoms with van der Waals surface area (Å²) >= 11 is 6.85. The predicted octanol–water partition coefficient (Wildman–Crippen LogP) is 4.53. The van der Waals surface area contributed by atoms with Gasteiger partial charge in [0.1, 0.15) is 17.7 Å². The molecule has 0 radical (unpaired) electrons. The van der Waals surface area contributed by atoms with E-state index in [1.165, 1.54) is 12.1 Å². The number of hydrogen-bond donors (Lipinski definition) is 0. The Labute approximate surface area is 112 Å². The van der Waals surface area contributed by atoms with Crippen molar-refractivity contribution in [3.63, 3.8) is 0 Å². The molecule has 0 bridgehead atoms. The highest BCUT2D eigenvalue weighted by molar-refractivity contribution is 9.10. The fraction of sp³-hybridized carbons (Fsp3) is 0.500. The predicted molar refractivity (Wildman–Crippen MR) is 69.6 cm³/mol. The maximum Gasteiger partial charge on any atom is 0.128 e. The van der Waals surface area contributed by atoms with Crippen molar-refractivity contribution in [2.45, 2.75) is 31.2 Å². The maximum absolute atomic E-state index is 13.2. The molecule has 1 fully saturated rings. The molecule has 88 valence electrons. The lowest BCUT2D eigenvalue weighted by Crippen LogP contribution is -2.53. The molecule has 1 aliphatic rings. The Hall–Kier alpha value is -0.0900. The van der Waals surface area contributed by atoms with Crippen molar-refractivity contribution >= 4 is 31.9 Å². The molecular weight excluding hydrogens is 339 g/mol. The minimum absolute atomic E-state index is 0.0960. The summed E-state index contributed by atoms with van der Waals surface area (Å²) in [6.45, 7) is 4.30. The monoisotopic (exact) mass is 350 g/mol. The smallest absolute Gasteiger partial charge is 0.128 e. The zero-order chi connectivity index (χ0) is 11.9. The molecule has 1 nitrogen and oxygen atoms in total. The number of alkyl halides is 1. The van der Waals surface area contributed by atoms with E-state index in [0.29, 0.717) is 15.0 Å². The number of ether oxygens (including phenoxy) is 1. The van der Waals surface area contributed by atoms with Gasteiger partial charge in [-0.2, -0.15) is 0 Å². The Balaban J connectivity index is 2.11. The molecule has 2 atom stereocenters. The molecule has 2 unspecified atom stereocenters. The van der Waals surface area contributed by atoms with E-state index in [0.717, 1.165) is 6.42 Å². The summed E-state index contributed by atoms with van der Waals surface area (Å²) in [6.07, 6.45) is 1.10. The van der Waals surface area contributed by atoms with Gasteiger partial charge in [0.25, 0.3) is 0 Å². The first-order chi connectivity index (χ1) is 7.39. The molecule has 0 aromatic heterocycles. The second kappa shape index (κ2) is 4.30. The normalized spacial score (nSPS) is 27.3. The van der Waals surface area contributed by atoms with E-state index in [2.05, 4.69) is 45.7 Å². The summed E-state index contributed by atoms with van der Waals surface area (Å²) in [4.78, 5) is 0.474. The summed E-state index contributed by atoms with van der Waals surface area (Å²) in [5.41, 5.74) is 0.0960. The second-order valence-corrected chi connectivity index (χ2v) is 6.76. The van der Waals surface area contributed by atoms with Gasteiger partial charge in [0, 0.05) is 20.8 Å². The Morgan fingerprint density at radius 2 is 2.06 bits per heavy atom. The summed E-state index contributed by atoms with van der Waals surface area (Å²) in [5, 5.41) is 0. The molecule has 0 saturated heterocycles. The third kappa shape index (κ3) is 2.28. The number of benzene rings is 1. The van der Waals surface area contributed by atoms with Gasteiger partial charge in [0.05, 0.1) is 0 Å². The third-order valence-electron chi connectivity index (χ3n) is 3.17. The molecule has 2 rings (SSSR count). The summed E-state index contributed by atoms with van der Waals surface area (Å²) < 4.78 is 19.7. The highest BCUT2D eigenvalue weighted by Gasteiger charge is 2.48.